The summed E-state index contributed by atoms with van der Waals surface area (Å²) in [6.07, 6.45) is 0. The molecule has 0 fully saturated rings. The smallest absolute Gasteiger partial charge is 0.245 e. The number of nitrogens with zero attached hydrogens (tertiary/aromatic N) is 4. The van der Waals surface area contributed by atoms with Crippen molar-refractivity contribution < 1.29 is 47.0 Å². The lowest BCUT2D eigenvalue weighted by Crippen LogP contribution is -2.38. The highest BCUT2D eigenvalue weighted by molar-refractivity contribution is 7.94. The highest BCUT2D eigenvalue weighted by atomic mass is 31.2. The Morgan fingerprint density at radius 2 is 0.676 bits per heavy atom. The minimum Gasteiger partial charge on any atom is -0.497 e. The van der Waals surface area contributed by atoms with Crippen LogP contribution in [0.15, 0.2) is 127 Å². The molecule has 0 aliphatic heterocycles. The van der Waals surface area contributed by atoms with Gasteiger partial charge in [0, 0.05) is 56.1 Å². The van der Waals surface area contributed by atoms with E-state index in [4.69, 9.17) is 45.5 Å². The molecular formula is C52H69BN4O10P4. The van der Waals surface area contributed by atoms with Gasteiger partial charge in [0.25, 0.3) is 0 Å². The molecule has 0 amide bonds. The monoisotopic (exact) mass is 1040 g/mol. The van der Waals surface area contributed by atoms with Gasteiger partial charge in [0.05, 0.1) is 56.9 Å². The van der Waals surface area contributed by atoms with Gasteiger partial charge in [0.1, 0.15) is 53.6 Å². The van der Waals surface area contributed by atoms with E-state index >= 15 is 0 Å². The zero-order valence-corrected chi connectivity index (χ0v) is 47.4. The number of hydrogen-bond acceptors (Lipinski definition) is 10. The number of benzene rings is 6. The summed E-state index contributed by atoms with van der Waals surface area (Å²) < 4.78 is 78.2. The maximum atomic E-state index is 14.5. The van der Waals surface area contributed by atoms with Crippen LogP contribution in [0, 0.1) is 0 Å². The molecule has 0 atom stereocenters. The molecule has 0 unspecified atom stereocenters. The number of hydrogen-bond donors (Lipinski definition) is 0. The van der Waals surface area contributed by atoms with Crippen LogP contribution >= 0.6 is 30.6 Å². The predicted molar refractivity (Wildman–Crippen MR) is 298 cm³/mol. The van der Waals surface area contributed by atoms with E-state index < -0.39 is 30.6 Å². The van der Waals surface area contributed by atoms with E-state index in [9.17, 15) is 9.13 Å². The molecule has 0 heterocycles. The second-order valence-corrected chi connectivity index (χ2v) is 26.4. The third-order valence-electron chi connectivity index (χ3n) is 11.2. The number of methoxy groups -OCH3 is 8. The van der Waals surface area contributed by atoms with Crippen molar-refractivity contribution in [2.45, 2.75) is 0 Å². The molecule has 0 bridgehead atoms. The van der Waals surface area contributed by atoms with Crippen molar-refractivity contribution in [2.75, 3.05) is 113 Å². The summed E-state index contributed by atoms with van der Waals surface area (Å²) in [5.74, 6) is 5.62. The van der Waals surface area contributed by atoms with Crippen LogP contribution in [0.5, 0.6) is 46.0 Å². The van der Waals surface area contributed by atoms with E-state index in [1.54, 1.807) is 75.6 Å². The Hall–Kier alpha value is -5.06. The molecule has 6 rings (SSSR count). The predicted octanol–water partition coefficient (Wildman–Crippen LogP) is 7.29. The first-order valence-electron chi connectivity index (χ1n) is 22.2. The van der Waals surface area contributed by atoms with Gasteiger partial charge in [0.2, 0.25) is 14.9 Å². The van der Waals surface area contributed by atoms with Crippen LogP contribution in [0.25, 0.3) is 0 Å². The Morgan fingerprint density at radius 3 is 1.00 bits per heavy atom. The van der Waals surface area contributed by atoms with Crippen LogP contribution < -0.4 is 75.0 Å². The molecule has 14 nitrogen and oxygen atoms in total. The molecule has 6 aromatic carbocycles. The summed E-state index contributed by atoms with van der Waals surface area (Å²) in [6, 6.07) is 40.3. The molecule has 0 N–H and O–H groups in total. The molecular weight excluding hydrogens is 975 g/mol. The molecule has 0 aliphatic rings. The van der Waals surface area contributed by atoms with E-state index in [1.165, 1.54) is 0 Å². The van der Waals surface area contributed by atoms with E-state index in [-0.39, 0.29) is 0 Å². The van der Waals surface area contributed by atoms with Crippen LogP contribution in [0.4, 0.5) is 0 Å². The van der Waals surface area contributed by atoms with E-state index in [2.05, 4.69) is 0 Å². The summed E-state index contributed by atoms with van der Waals surface area (Å²) in [7, 11) is 26.3. The van der Waals surface area contributed by atoms with Crippen LogP contribution in [-0.2, 0) is 9.13 Å². The first-order valence-corrected chi connectivity index (χ1v) is 28.1. The molecule has 19 heteroatoms. The summed E-state index contributed by atoms with van der Waals surface area (Å²) in [5.41, 5.74) is 0. The van der Waals surface area contributed by atoms with Gasteiger partial charge in [-0.05, 0) is 136 Å². The third-order valence-corrected chi connectivity index (χ3v) is 22.1. The second kappa shape index (κ2) is 27.1. The molecule has 0 aromatic heterocycles. The lowest BCUT2D eigenvalue weighted by molar-refractivity contribution is 0.396. The molecule has 2 radical (unpaired) electrons. The maximum absolute atomic E-state index is 14.5. The molecule has 71 heavy (non-hydrogen) atoms. The quantitative estimate of drug-likeness (QED) is 0.0597. The van der Waals surface area contributed by atoms with Crippen molar-refractivity contribution in [3.05, 3.63) is 127 Å². The zero-order chi connectivity index (χ0) is 52.6. The van der Waals surface area contributed by atoms with Crippen molar-refractivity contribution in [3.8, 4) is 46.0 Å². The third kappa shape index (κ3) is 13.5. The van der Waals surface area contributed by atoms with Crippen molar-refractivity contribution >= 4 is 75.3 Å². The summed E-state index contributed by atoms with van der Waals surface area (Å²) in [6.45, 7) is 0. The van der Waals surface area contributed by atoms with Gasteiger partial charge < -0.3 is 37.9 Å². The van der Waals surface area contributed by atoms with Crippen molar-refractivity contribution in [1.82, 2.24) is 18.7 Å². The van der Waals surface area contributed by atoms with Crippen LogP contribution in [0.1, 0.15) is 0 Å². The first-order chi connectivity index (χ1) is 33.8. The standard InChI is InChI=1S/C26H34N2O5P2.C16H18BO4P.C10H17N2OP/c1-27(2)35(29,28(3)4)26-12-10-9-11-25(26)34(23-15-13-19(30-5)17-21(23)32-7)24-16-14-20(31-6)18-22(24)33-8;1-18-11-5-7-15(13(9-11)20-3)22(17)16-8-6-12(19-2)10-14(16)21-4;1-11(2)14(13,12(3)4)10-8-6-5-7-9-10/h9-18H,1-8H3;5-10H,1-4H3;5-9H,1-4H3. The van der Waals surface area contributed by atoms with Gasteiger partial charge >= 0.3 is 0 Å². The van der Waals surface area contributed by atoms with Crippen LogP contribution in [0.3, 0.4) is 0 Å². The Bertz CT molecular complexity index is 2620. The Morgan fingerprint density at radius 1 is 0.366 bits per heavy atom. The van der Waals surface area contributed by atoms with Crippen LogP contribution in [-0.4, -0.2) is 140 Å². The van der Waals surface area contributed by atoms with Crippen molar-refractivity contribution in [2.24, 2.45) is 0 Å². The lowest BCUT2D eigenvalue weighted by Gasteiger charge is -2.34. The zero-order valence-electron chi connectivity index (χ0n) is 43.9. The summed E-state index contributed by atoms with van der Waals surface area (Å²) in [4.78, 5) is 0. The molecule has 0 spiro atoms. The van der Waals surface area contributed by atoms with Gasteiger partial charge in [-0.25, -0.2) is 18.7 Å². The summed E-state index contributed by atoms with van der Waals surface area (Å²) >= 11 is 0. The molecule has 380 valence electrons. The van der Waals surface area contributed by atoms with Crippen LogP contribution in [0.2, 0.25) is 0 Å². The van der Waals surface area contributed by atoms with E-state index in [0.717, 1.165) is 48.6 Å². The minimum atomic E-state index is -3.07. The highest BCUT2D eigenvalue weighted by Gasteiger charge is 2.37. The van der Waals surface area contributed by atoms with Gasteiger partial charge in [-0.1, -0.05) is 44.2 Å². The second-order valence-electron chi connectivity index (χ2n) is 16.2. The Labute approximate surface area is 425 Å². The fourth-order valence-electron chi connectivity index (χ4n) is 7.56. The van der Waals surface area contributed by atoms with Gasteiger partial charge in [-0.15, -0.1) is 0 Å². The fraction of sp³-hybridized carbons (Fsp3) is 0.308. The average Bonchev–Trinajstić information content (AvgIpc) is 3.40. The Kier molecular flexibility index (Phi) is 22.4. The fourth-order valence-corrected chi connectivity index (χ4v) is 16.7. The minimum absolute atomic E-state index is 0.688. The summed E-state index contributed by atoms with van der Waals surface area (Å²) in [5, 5.41) is 6.36. The maximum Gasteiger partial charge on any atom is 0.245 e. The SMILES string of the molecule is CN(C)P(=O)(c1ccccc1)N(C)C.COc1ccc(P(c2ccc(OC)cc2OC)c2ccccc2P(=O)(N(C)C)N(C)C)c(OC)c1.[B]P(c1ccc(OC)cc1OC)c1ccc(OC)cc1OC. The molecule has 6 aromatic rings. The van der Waals surface area contributed by atoms with Crippen molar-refractivity contribution in [1.29, 1.82) is 0 Å². The number of ether oxygens (including phenoxy) is 8. The first kappa shape index (κ1) is 58.5. The molecule has 0 saturated heterocycles. The molecule has 0 aliphatic carbocycles. The van der Waals surface area contributed by atoms with Gasteiger partial charge in [-0.2, -0.15) is 0 Å². The van der Waals surface area contributed by atoms with E-state index in [0.29, 0.717) is 34.5 Å². The number of rotatable bonds is 19. The normalized spacial score (nSPS) is 11.5. The average molecular weight is 1040 g/mol. The largest absolute Gasteiger partial charge is 0.497 e. The van der Waals surface area contributed by atoms with Gasteiger partial charge in [-0.3, -0.25) is 9.13 Å². The topological polar surface area (TPSA) is 121 Å². The van der Waals surface area contributed by atoms with E-state index in [1.807, 2.05) is 184 Å². The molecule has 0 saturated carbocycles. The highest BCUT2D eigenvalue weighted by Crippen LogP contribution is 2.51. The van der Waals surface area contributed by atoms with Gasteiger partial charge in [0.15, 0.2) is 0 Å². The Balaban J connectivity index is 0.000000258. The van der Waals surface area contributed by atoms with Crippen molar-refractivity contribution in [3.63, 3.8) is 0 Å². The lowest BCUT2D eigenvalue weighted by atomic mass is 10.3.